The van der Waals surface area contributed by atoms with E-state index in [2.05, 4.69) is 10.2 Å². The highest BCUT2D eigenvalue weighted by Crippen LogP contribution is 2.30. The highest BCUT2D eigenvalue weighted by Gasteiger charge is 2.26. The number of likely N-dealkylation sites (tertiary alicyclic amines) is 1. The van der Waals surface area contributed by atoms with E-state index in [9.17, 15) is 9.59 Å². The van der Waals surface area contributed by atoms with Crippen molar-refractivity contribution in [3.05, 3.63) is 47.8 Å². The number of rotatable bonds is 6. The lowest BCUT2D eigenvalue weighted by Gasteiger charge is -2.30. The summed E-state index contributed by atoms with van der Waals surface area (Å²) in [5, 5.41) is 11.4. The molecular formula is C20H21N5O2S2. The minimum absolute atomic E-state index is 0.0400. The molecule has 2 aromatic heterocycles. The monoisotopic (exact) mass is 427 g/mol. The lowest BCUT2D eigenvalue weighted by molar-refractivity contribution is -0.132. The molecule has 0 radical (unpaired) electrons. The Balaban J connectivity index is 1.49. The number of nitrogens with zero attached hydrogens (tertiary/aromatic N) is 4. The number of thioether (sulfide) groups is 1. The molecule has 1 fully saturated rings. The molecule has 7 nitrogen and oxygen atoms in total. The topological polar surface area (TPSA) is 94.1 Å². The Kier molecular flexibility index (Phi) is 5.96. The van der Waals surface area contributed by atoms with Crippen LogP contribution >= 0.6 is 23.1 Å². The molecule has 29 heavy (non-hydrogen) atoms. The van der Waals surface area contributed by atoms with Crippen LogP contribution in [0.5, 0.6) is 0 Å². The Morgan fingerprint density at radius 2 is 1.86 bits per heavy atom. The molecule has 9 heteroatoms. The molecule has 1 aliphatic heterocycles. The van der Waals surface area contributed by atoms with E-state index in [0.29, 0.717) is 31.1 Å². The number of primary amides is 1. The van der Waals surface area contributed by atoms with Gasteiger partial charge in [-0.3, -0.25) is 14.2 Å². The highest BCUT2D eigenvalue weighted by atomic mass is 32.2. The number of benzene rings is 1. The number of hydrogen-bond donors (Lipinski definition) is 1. The molecule has 3 aromatic rings. The standard InChI is InChI=1S/C20H21N5O2S2/c21-18(27)14-8-10-24(11-9-14)17(26)13-29-20-23-22-19(16-7-4-12-28-16)25(20)15-5-2-1-3-6-15/h1-7,12,14H,8-11,13H2,(H2,21,27). The van der Waals surface area contributed by atoms with Crippen LogP contribution in [0.4, 0.5) is 0 Å². The first kappa shape index (κ1) is 19.7. The smallest absolute Gasteiger partial charge is 0.233 e. The molecule has 0 saturated carbocycles. The lowest BCUT2D eigenvalue weighted by Crippen LogP contribution is -2.42. The van der Waals surface area contributed by atoms with Crippen molar-refractivity contribution in [3.8, 4) is 16.4 Å². The van der Waals surface area contributed by atoms with Gasteiger partial charge in [0.05, 0.1) is 10.6 Å². The predicted molar refractivity (Wildman–Crippen MR) is 114 cm³/mol. The molecule has 0 spiro atoms. The molecule has 150 valence electrons. The number of nitrogens with two attached hydrogens (primary N) is 1. The van der Waals surface area contributed by atoms with E-state index in [0.717, 1.165) is 16.4 Å². The summed E-state index contributed by atoms with van der Waals surface area (Å²) >= 11 is 2.98. The summed E-state index contributed by atoms with van der Waals surface area (Å²) in [6.07, 6.45) is 1.27. The summed E-state index contributed by atoms with van der Waals surface area (Å²) in [6.45, 7) is 1.14. The van der Waals surface area contributed by atoms with Gasteiger partial charge in [-0.2, -0.15) is 0 Å². The molecule has 1 aromatic carbocycles. The van der Waals surface area contributed by atoms with E-state index in [1.54, 1.807) is 16.2 Å². The molecular weight excluding hydrogens is 406 g/mol. The van der Waals surface area contributed by atoms with E-state index >= 15 is 0 Å². The van der Waals surface area contributed by atoms with E-state index in [1.807, 2.05) is 52.4 Å². The normalized spacial score (nSPS) is 14.8. The summed E-state index contributed by atoms with van der Waals surface area (Å²) in [6, 6.07) is 13.9. The third-order valence-corrected chi connectivity index (χ3v) is 6.74. The third-order valence-electron chi connectivity index (χ3n) is 4.96. The Morgan fingerprint density at radius 1 is 1.10 bits per heavy atom. The highest BCUT2D eigenvalue weighted by molar-refractivity contribution is 7.99. The van der Waals surface area contributed by atoms with Gasteiger partial charge in [0.15, 0.2) is 11.0 Å². The number of para-hydroxylation sites is 1. The Morgan fingerprint density at radius 3 is 2.52 bits per heavy atom. The van der Waals surface area contributed by atoms with Gasteiger partial charge in [-0.15, -0.1) is 21.5 Å². The Hall–Kier alpha value is -2.65. The van der Waals surface area contributed by atoms with Gasteiger partial charge in [-0.05, 0) is 36.4 Å². The minimum Gasteiger partial charge on any atom is -0.369 e. The van der Waals surface area contributed by atoms with Crippen LogP contribution in [-0.4, -0.2) is 50.3 Å². The van der Waals surface area contributed by atoms with Crippen molar-refractivity contribution in [1.29, 1.82) is 0 Å². The molecule has 0 aliphatic carbocycles. The van der Waals surface area contributed by atoms with Gasteiger partial charge < -0.3 is 10.6 Å². The van der Waals surface area contributed by atoms with Crippen molar-refractivity contribution < 1.29 is 9.59 Å². The number of aromatic nitrogens is 3. The van der Waals surface area contributed by atoms with Gasteiger partial charge in [-0.1, -0.05) is 36.0 Å². The van der Waals surface area contributed by atoms with Crippen LogP contribution in [0, 0.1) is 5.92 Å². The zero-order valence-corrected chi connectivity index (χ0v) is 17.4. The van der Waals surface area contributed by atoms with Crippen LogP contribution in [0.3, 0.4) is 0 Å². The molecule has 1 aliphatic rings. The van der Waals surface area contributed by atoms with E-state index in [4.69, 9.17) is 5.73 Å². The minimum atomic E-state index is -0.274. The summed E-state index contributed by atoms with van der Waals surface area (Å²) in [7, 11) is 0. The number of amides is 2. The molecule has 0 unspecified atom stereocenters. The maximum absolute atomic E-state index is 12.7. The van der Waals surface area contributed by atoms with Crippen LogP contribution in [0.15, 0.2) is 53.0 Å². The largest absolute Gasteiger partial charge is 0.369 e. The van der Waals surface area contributed by atoms with Gasteiger partial charge in [0.2, 0.25) is 11.8 Å². The van der Waals surface area contributed by atoms with Crippen molar-refractivity contribution >= 4 is 34.9 Å². The maximum Gasteiger partial charge on any atom is 0.233 e. The zero-order valence-electron chi connectivity index (χ0n) is 15.7. The van der Waals surface area contributed by atoms with Gasteiger partial charge >= 0.3 is 0 Å². The second-order valence-electron chi connectivity index (χ2n) is 6.80. The van der Waals surface area contributed by atoms with Gasteiger partial charge in [0, 0.05) is 24.7 Å². The van der Waals surface area contributed by atoms with Crippen LogP contribution in [0.2, 0.25) is 0 Å². The van der Waals surface area contributed by atoms with Crippen molar-refractivity contribution in [3.63, 3.8) is 0 Å². The Labute approximate surface area is 176 Å². The van der Waals surface area contributed by atoms with Crippen molar-refractivity contribution in [1.82, 2.24) is 19.7 Å². The van der Waals surface area contributed by atoms with Crippen LogP contribution in [0.1, 0.15) is 12.8 Å². The Bertz CT molecular complexity index is 980. The summed E-state index contributed by atoms with van der Waals surface area (Å²) < 4.78 is 1.99. The van der Waals surface area contributed by atoms with Gasteiger partial charge in [-0.25, -0.2) is 0 Å². The van der Waals surface area contributed by atoms with E-state index < -0.39 is 0 Å². The van der Waals surface area contributed by atoms with Gasteiger partial charge in [0.1, 0.15) is 0 Å². The maximum atomic E-state index is 12.7. The number of carbonyl (C=O) groups is 2. The fourth-order valence-corrected chi connectivity index (χ4v) is 4.92. The van der Waals surface area contributed by atoms with Crippen LogP contribution in [0.25, 0.3) is 16.4 Å². The van der Waals surface area contributed by atoms with Crippen molar-refractivity contribution in [2.75, 3.05) is 18.8 Å². The van der Waals surface area contributed by atoms with Crippen molar-refractivity contribution in [2.24, 2.45) is 11.7 Å². The summed E-state index contributed by atoms with van der Waals surface area (Å²) in [5.74, 6) is 0.683. The SMILES string of the molecule is NC(=O)C1CCN(C(=O)CSc2nnc(-c3cccs3)n2-c2ccccc2)CC1. The molecule has 2 N–H and O–H groups in total. The fourth-order valence-electron chi connectivity index (χ4n) is 3.37. The fraction of sp³-hybridized carbons (Fsp3) is 0.300. The first-order chi connectivity index (χ1) is 14.1. The molecule has 0 bridgehead atoms. The first-order valence-electron chi connectivity index (χ1n) is 9.38. The average Bonchev–Trinajstić information content (AvgIpc) is 3.42. The molecule has 0 atom stereocenters. The molecule has 4 rings (SSSR count). The molecule has 3 heterocycles. The van der Waals surface area contributed by atoms with Crippen molar-refractivity contribution in [2.45, 2.75) is 18.0 Å². The number of carbonyl (C=O) groups excluding carboxylic acids is 2. The lowest BCUT2D eigenvalue weighted by atomic mass is 9.96. The second-order valence-corrected chi connectivity index (χ2v) is 8.69. The average molecular weight is 428 g/mol. The van der Waals surface area contributed by atoms with Crippen LogP contribution in [-0.2, 0) is 9.59 Å². The molecule has 2 amide bonds. The van der Waals surface area contributed by atoms with Crippen LogP contribution < -0.4 is 5.73 Å². The number of hydrogen-bond acceptors (Lipinski definition) is 6. The second kappa shape index (κ2) is 8.79. The predicted octanol–water partition coefficient (Wildman–Crippen LogP) is 2.81. The van der Waals surface area contributed by atoms with E-state index in [-0.39, 0.29) is 23.5 Å². The summed E-state index contributed by atoms with van der Waals surface area (Å²) in [5.41, 5.74) is 6.33. The summed E-state index contributed by atoms with van der Waals surface area (Å²) in [4.78, 5) is 26.8. The zero-order chi connectivity index (χ0) is 20.2. The number of piperidine rings is 1. The number of thiophene rings is 1. The molecule has 1 saturated heterocycles. The quantitative estimate of drug-likeness (QED) is 0.611. The first-order valence-corrected chi connectivity index (χ1v) is 11.2. The van der Waals surface area contributed by atoms with Gasteiger partial charge in [0.25, 0.3) is 0 Å². The van der Waals surface area contributed by atoms with E-state index in [1.165, 1.54) is 11.8 Å². The third kappa shape index (κ3) is 4.35.